The van der Waals surface area contributed by atoms with Gasteiger partial charge < -0.3 is 9.64 Å². The first-order valence-electron chi connectivity index (χ1n) is 7.45. The standard InChI is InChI=1S/C17H21FN2O2/c1-17(2,3)22-16(21)20-7-6-13(11-20)8-12-4-5-15(18)14(9-12)10-19/h4-5,9,13H,6-8,11H2,1-3H3. The van der Waals surface area contributed by atoms with Gasteiger partial charge in [0.05, 0.1) is 5.56 Å². The molecule has 1 aliphatic heterocycles. The Labute approximate surface area is 130 Å². The molecule has 1 heterocycles. The number of benzene rings is 1. The fraction of sp³-hybridized carbons (Fsp3) is 0.529. The Morgan fingerprint density at radius 3 is 2.86 bits per heavy atom. The smallest absolute Gasteiger partial charge is 0.410 e. The lowest BCUT2D eigenvalue weighted by molar-refractivity contribution is 0.0288. The van der Waals surface area contributed by atoms with Crippen LogP contribution >= 0.6 is 0 Å². The molecule has 1 amide bonds. The fourth-order valence-corrected chi connectivity index (χ4v) is 2.61. The highest BCUT2D eigenvalue weighted by molar-refractivity contribution is 5.68. The van der Waals surface area contributed by atoms with Crippen LogP contribution in [0.1, 0.15) is 38.3 Å². The van der Waals surface area contributed by atoms with Gasteiger partial charge in [0.15, 0.2) is 0 Å². The van der Waals surface area contributed by atoms with E-state index in [0.717, 1.165) is 18.4 Å². The molecule has 1 aliphatic rings. The van der Waals surface area contributed by atoms with Crippen LogP contribution in [-0.4, -0.2) is 29.7 Å². The number of halogens is 1. The second kappa shape index (κ2) is 6.35. The molecule has 1 fully saturated rings. The Morgan fingerprint density at radius 1 is 1.50 bits per heavy atom. The Hall–Kier alpha value is -2.09. The highest BCUT2D eigenvalue weighted by Gasteiger charge is 2.29. The molecular formula is C17H21FN2O2. The van der Waals surface area contributed by atoms with Crippen molar-refractivity contribution in [2.24, 2.45) is 5.92 Å². The van der Waals surface area contributed by atoms with Gasteiger partial charge in [0.2, 0.25) is 0 Å². The molecule has 5 heteroatoms. The van der Waals surface area contributed by atoms with Gasteiger partial charge in [0.25, 0.3) is 0 Å². The molecular weight excluding hydrogens is 283 g/mol. The summed E-state index contributed by atoms with van der Waals surface area (Å²) < 4.78 is 18.7. The molecule has 0 aromatic heterocycles. The number of hydrogen-bond acceptors (Lipinski definition) is 3. The van der Waals surface area contributed by atoms with Gasteiger partial charge in [-0.05, 0) is 57.2 Å². The predicted molar refractivity (Wildman–Crippen MR) is 80.7 cm³/mol. The summed E-state index contributed by atoms with van der Waals surface area (Å²) in [4.78, 5) is 13.7. The number of carbonyl (C=O) groups excluding carboxylic acids is 1. The van der Waals surface area contributed by atoms with Crippen LogP contribution in [0.2, 0.25) is 0 Å². The molecule has 0 spiro atoms. The van der Waals surface area contributed by atoms with Gasteiger partial charge in [-0.15, -0.1) is 0 Å². The van der Waals surface area contributed by atoms with E-state index < -0.39 is 11.4 Å². The van der Waals surface area contributed by atoms with Crippen LogP contribution in [-0.2, 0) is 11.2 Å². The molecule has 1 aromatic rings. The van der Waals surface area contributed by atoms with E-state index in [4.69, 9.17) is 10.00 Å². The van der Waals surface area contributed by atoms with E-state index in [1.807, 2.05) is 26.8 Å². The van der Waals surface area contributed by atoms with Crippen LogP contribution in [0.4, 0.5) is 9.18 Å². The lowest BCUT2D eigenvalue weighted by Gasteiger charge is -2.24. The van der Waals surface area contributed by atoms with E-state index >= 15 is 0 Å². The molecule has 118 valence electrons. The number of ether oxygens (including phenoxy) is 1. The van der Waals surface area contributed by atoms with E-state index in [-0.39, 0.29) is 11.7 Å². The van der Waals surface area contributed by atoms with Crippen LogP contribution in [0.15, 0.2) is 18.2 Å². The second-order valence-corrected chi connectivity index (χ2v) is 6.71. The van der Waals surface area contributed by atoms with Gasteiger partial charge >= 0.3 is 6.09 Å². The first kappa shape index (κ1) is 16.3. The average molecular weight is 304 g/mol. The normalized spacial score (nSPS) is 18.1. The van der Waals surface area contributed by atoms with E-state index in [1.54, 1.807) is 17.0 Å². The van der Waals surface area contributed by atoms with Gasteiger partial charge in [-0.2, -0.15) is 5.26 Å². The monoisotopic (exact) mass is 304 g/mol. The third kappa shape index (κ3) is 4.20. The van der Waals surface area contributed by atoms with Crippen molar-refractivity contribution in [2.75, 3.05) is 13.1 Å². The molecule has 1 atom stereocenters. The Morgan fingerprint density at radius 2 is 2.23 bits per heavy atom. The van der Waals surface area contributed by atoms with Crippen molar-refractivity contribution in [1.29, 1.82) is 5.26 Å². The maximum atomic E-state index is 13.3. The quantitative estimate of drug-likeness (QED) is 0.840. The molecule has 0 radical (unpaired) electrons. The number of likely N-dealkylation sites (tertiary alicyclic amines) is 1. The Kier molecular flexibility index (Phi) is 4.70. The van der Waals surface area contributed by atoms with E-state index in [0.29, 0.717) is 19.0 Å². The molecule has 4 nitrogen and oxygen atoms in total. The van der Waals surface area contributed by atoms with Crippen LogP contribution in [0.3, 0.4) is 0 Å². The lowest BCUT2D eigenvalue weighted by Crippen LogP contribution is -2.35. The van der Waals surface area contributed by atoms with Gasteiger partial charge in [0.1, 0.15) is 17.5 Å². The highest BCUT2D eigenvalue weighted by atomic mass is 19.1. The molecule has 1 aromatic carbocycles. The minimum Gasteiger partial charge on any atom is -0.444 e. The van der Waals surface area contributed by atoms with Crippen molar-refractivity contribution in [3.63, 3.8) is 0 Å². The van der Waals surface area contributed by atoms with Crippen molar-refractivity contribution >= 4 is 6.09 Å². The zero-order valence-electron chi connectivity index (χ0n) is 13.2. The number of amides is 1. The molecule has 22 heavy (non-hydrogen) atoms. The first-order valence-corrected chi connectivity index (χ1v) is 7.45. The predicted octanol–water partition coefficient (Wildman–Crippen LogP) is 3.50. The zero-order chi connectivity index (χ0) is 16.3. The number of nitrogens with zero attached hydrogens (tertiary/aromatic N) is 2. The summed E-state index contributed by atoms with van der Waals surface area (Å²) in [5.74, 6) is -0.183. The molecule has 0 saturated carbocycles. The lowest BCUT2D eigenvalue weighted by atomic mass is 9.97. The van der Waals surface area contributed by atoms with Gasteiger partial charge in [-0.3, -0.25) is 0 Å². The largest absolute Gasteiger partial charge is 0.444 e. The summed E-state index contributed by atoms with van der Waals surface area (Å²) in [5, 5.41) is 8.87. The maximum Gasteiger partial charge on any atom is 0.410 e. The topological polar surface area (TPSA) is 53.3 Å². The van der Waals surface area contributed by atoms with Gasteiger partial charge in [-0.1, -0.05) is 6.07 Å². The second-order valence-electron chi connectivity index (χ2n) is 6.71. The van der Waals surface area contributed by atoms with Crippen molar-refractivity contribution in [3.8, 4) is 6.07 Å². The molecule has 0 aliphatic carbocycles. The van der Waals surface area contributed by atoms with Crippen molar-refractivity contribution in [1.82, 2.24) is 4.90 Å². The molecule has 1 saturated heterocycles. The maximum absolute atomic E-state index is 13.3. The van der Waals surface area contributed by atoms with Gasteiger partial charge in [-0.25, -0.2) is 9.18 Å². The van der Waals surface area contributed by atoms with E-state index in [9.17, 15) is 9.18 Å². The van der Waals surface area contributed by atoms with Crippen LogP contribution in [0.25, 0.3) is 0 Å². The van der Waals surface area contributed by atoms with Crippen LogP contribution in [0, 0.1) is 23.1 Å². The van der Waals surface area contributed by atoms with Crippen molar-refractivity contribution < 1.29 is 13.9 Å². The number of nitriles is 1. The summed E-state index contributed by atoms with van der Waals surface area (Å²) in [5.41, 5.74) is 0.502. The van der Waals surface area contributed by atoms with E-state index in [1.165, 1.54) is 6.07 Å². The SMILES string of the molecule is CC(C)(C)OC(=O)N1CCC(Cc2ccc(F)c(C#N)c2)C1. The summed E-state index contributed by atoms with van der Waals surface area (Å²) >= 11 is 0. The average Bonchev–Trinajstić information content (AvgIpc) is 2.87. The Balaban J connectivity index is 1.94. The number of carbonyl (C=O) groups is 1. The summed E-state index contributed by atoms with van der Waals surface area (Å²) in [6, 6.07) is 6.47. The number of rotatable bonds is 2. The summed E-state index contributed by atoms with van der Waals surface area (Å²) in [6.07, 6.45) is 1.33. The van der Waals surface area contributed by atoms with Crippen molar-refractivity contribution in [2.45, 2.75) is 39.2 Å². The van der Waals surface area contributed by atoms with Crippen LogP contribution < -0.4 is 0 Å². The third-order valence-corrected chi connectivity index (χ3v) is 3.61. The molecule has 0 N–H and O–H groups in total. The summed E-state index contributed by atoms with van der Waals surface area (Å²) in [7, 11) is 0. The fourth-order valence-electron chi connectivity index (χ4n) is 2.61. The van der Waals surface area contributed by atoms with Gasteiger partial charge in [0, 0.05) is 13.1 Å². The molecule has 1 unspecified atom stereocenters. The first-order chi connectivity index (χ1) is 10.3. The van der Waals surface area contributed by atoms with E-state index in [2.05, 4.69) is 0 Å². The minimum atomic E-state index is -0.493. The zero-order valence-corrected chi connectivity index (χ0v) is 13.2. The third-order valence-electron chi connectivity index (χ3n) is 3.61. The molecule has 2 rings (SSSR count). The minimum absolute atomic E-state index is 0.0690. The molecule has 0 bridgehead atoms. The van der Waals surface area contributed by atoms with Crippen molar-refractivity contribution in [3.05, 3.63) is 35.1 Å². The van der Waals surface area contributed by atoms with Crippen LogP contribution in [0.5, 0.6) is 0 Å². The Bertz CT molecular complexity index is 602. The number of hydrogen-bond donors (Lipinski definition) is 0. The highest BCUT2D eigenvalue weighted by Crippen LogP contribution is 2.23. The summed E-state index contributed by atoms with van der Waals surface area (Å²) in [6.45, 7) is 6.85.